The topological polar surface area (TPSA) is 50.3 Å². The van der Waals surface area contributed by atoms with Gasteiger partial charge in [0, 0.05) is 25.3 Å². The first-order chi connectivity index (χ1) is 13.8. The van der Waals surface area contributed by atoms with Gasteiger partial charge in [-0.15, -0.1) is 0 Å². The molecule has 0 spiro atoms. The number of nitrogens with zero attached hydrogens (tertiary/aromatic N) is 3. The van der Waals surface area contributed by atoms with Gasteiger partial charge in [-0.1, -0.05) is 42.5 Å². The number of morpholine rings is 1. The molecule has 1 atom stereocenters. The lowest BCUT2D eigenvalue weighted by molar-refractivity contribution is -0.0315. The fraction of sp³-hybridized carbons (Fsp3) is 0.304. The molecule has 3 aromatic rings. The highest BCUT2D eigenvalue weighted by Gasteiger charge is 2.23. The molecule has 144 valence electrons. The minimum Gasteiger partial charge on any atom is -0.369 e. The summed E-state index contributed by atoms with van der Waals surface area (Å²) in [5.41, 5.74) is 3.31. The zero-order chi connectivity index (χ0) is 19.2. The summed E-state index contributed by atoms with van der Waals surface area (Å²) in [5.74, 6) is 1.60. The number of ether oxygens (including phenoxy) is 1. The maximum atomic E-state index is 6.02. The maximum Gasteiger partial charge on any atom is 0.131 e. The molecule has 1 fully saturated rings. The molecule has 4 rings (SSSR count). The highest BCUT2D eigenvalue weighted by molar-refractivity contribution is 5.51. The Kier molecular flexibility index (Phi) is 5.95. The lowest BCUT2D eigenvalue weighted by Crippen LogP contribution is -2.39. The van der Waals surface area contributed by atoms with Gasteiger partial charge in [-0.25, -0.2) is 9.97 Å². The first-order valence-corrected chi connectivity index (χ1v) is 9.82. The van der Waals surface area contributed by atoms with Crippen molar-refractivity contribution < 1.29 is 4.74 Å². The van der Waals surface area contributed by atoms with Gasteiger partial charge in [0.25, 0.3) is 0 Å². The summed E-state index contributed by atoms with van der Waals surface area (Å²) in [7, 11) is 0. The zero-order valence-electron chi connectivity index (χ0n) is 16.2. The van der Waals surface area contributed by atoms with Crippen molar-refractivity contribution in [2.24, 2.45) is 0 Å². The summed E-state index contributed by atoms with van der Waals surface area (Å²) in [5, 5.41) is 3.29. The van der Waals surface area contributed by atoms with Crippen LogP contribution in [0.2, 0.25) is 0 Å². The predicted octanol–water partition coefficient (Wildman–Crippen LogP) is 4.14. The number of anilines is 2. The Hall–Kier alpha value is -2.76. The fourth-order valence-electron chi connectivity index (χ4n) is 3.46. The Labute approximate surface area is 166 Å². The number of aryl methyl sites for hydroxylation is 1. The van der Waals surface area contributed by atoms with Crippen LogP contribution >= 0.6 is 0 Å². The lowest BCUT2D eigenvalue weighted by Gasteiger charge is -2.32. The normalized spacial score (nSPS) is 17.4. The van der Waals surface area contributed by atoms with E-state index >= 15 is 0 Å². The van der Waals surface area contributed by atoms with E-state index in [0.29, 0.717) is 0 Å². The lowest BCUT2D eigenvalue weighted by atomic mass is 10.1. The Bertz CT molecular complexity index is 900. The van der Waals surface area contributed by atoms with E-state index in [0.717, 1.165) is 55.7 Å². The van der Waals surface area contributed by atoms with Gasteiger partial charge in [0.05, 0.1) is 12.3 Å². The summed E-state index contributed by atoms with van der Waals surface area (Å²) < 4.78 is 6.02. The molecule has 1 aromatic carbocycles. The SMILES string of the molecule is Cc1cccc(Nc2cccc(C3CN(CCc4ccccc4)CCO3)n2)n1. The molecular formula is C23H26N4O. The Balaban J connectivity index is 1.39. The summed E-state index contributed by atoms with van der Waals surface area (Å²) in [4.78, 5) is 11.7. The number of rotatable bonds is 6. The van der Waals surface area contributed by atoms with Crippen LogP contribution in [0.4, 0.5) is 11.6 Å². The first-order valence-electron chi connectivity index (χ1n) is 9.82. The highest BCUT2D eigenvalue weighted by atomic mass is 16.5. The number of pyridine rings is 2. The summed E-state index contributed by atoms with van der Waals surface area (Å²) in [6.07, 6.45) is 1.05. The first kappa shape index (κ1) is 18.6. The molecular weight excluding hydrogens is 348 g/mol. The zero-order valence-corrected chi connectivity index (χ0v) is 16.2. The van der Waals surface area contributed by atoms with Gasteiger partial charge in [-0.2, -0.15) is 0 Å². The molecule has 0 saturated carbocycles. The second kappa shape index (κ2) is 8.95. The third-order valence-electron chi connectivity index (χ3n) is 4.96. The van der Waals surface area contributed by atoms with Crippen molar-refractivity contribution >= 4 is 11.6 Å². The van der Waals surface area contributed by atoms with Crippen molar-refractivity contribution in [2.45, 2.75) is 19.4 Å². The molecule has 3 heterocycles. The van der Waals surface area contributed by atoms with Crippen molar-refractivity contribution in [3.8, 4) is 0 Å². The fourth-order valence-corrected chi connectivity index (χ4v) is 3.46. The number of aromatic nitrogens is 2. The number of hydrogen-bond acceptors (Lipinski definition) is 5. The molecule has 5 nitrogen and oxygen atoms in total. The molecule has 1 N–H and O–H groups in total. The third kappa shape index (κ3) is 4.94. The van der Waals surface area contributed by atoms with Crippen LogP contribution in [-0.2, 0) is 11.2 Å². The van der Waals surface area contributed by atoms with E-state index in [-0.39, 0.29) is 6.10 Å². The third-order valence-corrected chi connectivity index (χ3v) is 4.96. The van der Waals surface area contributed by atoms with E-state index < -0.39 is 0 Å². The Morgan fingerprint density at radius 3 is 2.57 bits per heavy atom. The molecule has 28 heavy (non-hydrogen) atoms. The van der Waals surface area contributed by atoms with Crippen LogP contribution in [0.15, 0.2) is 66.7 Å². The molecule has 1 unspecified atom stereocenters. The van der Waals surface area contributed by atoms with Gasteiger partial charge in [0.2, 0.25) is 0 Å². The van der Waals surface area contributed by atoms with Crippen molar-refractivity contribution in [2.75, 3.05) is 31.6 Å². The molecule has 5 heteroatoms. The van der Waals surface area contributed by atoms with Gasteiger partial charge >= 0.3 is 0 Å². The highest BCUT2D eigenvalue weighted by Crippen LogP contribution is 2.23. The van der Waals surface area contributed by atoms with E-state index in [4.69, 9.17) is 9.72 Å². The van der Waals surface area contributed by atoms with Gasteiger partial charge < -0.3 is 10.1 Å². The van der Waals surface area contributed by atoms with E-state index in [1.165, 1.54) is 5.56 Å². The van der Waals surface area contributed by atoms with E-state index in [2.05, 4.69) is 45.5 Å². The van der Waals surface area contributed by atoms with Gasteiger partial charge in [-0.05, 0) is 43.2 Å². The van der Waals surface area contributed by atoms with Crippen molar-refractivity contribution in [3.63, 3.8) is 0 Å². The van der Waals surface area contributed by atoms with E-state index in [9.17, 15) is 0 Å². The number of nitrogens with one attached hydrogen (secondary N) is 1. The Morgan fingerprint density at radius 1 is 0.964 bits per heavy atom. The average Bonchev–Trinajstić information content (AvgIpc) is 2.73. The van der Waals surface area contributed by atoms with Gasteiger partial charge in [0.15, 0.2) is 0 Å². The van der Waals surface area contributed by atoms with E-state index in [1.807, 2.05) is 43.3 Å². The molecule has 1 aliphatic heterocycles. The summed E-state index contributed by atoms with van der Waals surface area (Å²) in [6, 6.07) is 22.6. The molecule has 2 aromatic heterocycles. The predicted molar refractivity (Wildman–Crippen MR) is 112 cm³/mol. The van der Waals surface area contributed by atoms with E-state index in [1.54, 1.807) is 0 Å². The van der Waals surface area contributed by atoms with Gasteiger partial charge in [0.1, 0.15) is 17.7 Å². The standard InChI is InChI=1S/C23H26N4O/c1-18-7-5-11-22(24-18)26-23-12-6-10-20(25-23)21-17-27(15-16-28-21)14-13-19-8-3-2-4-9-19/h2-12,21H,13-17H2,1H3,(H,24,25,26). The van der Waals surface area contributed by atoms with Crippen LogP contribution in [0, 0.1) is 6.92 Å². The second-order valence-electron chi connectivity index (χ2n) is 7.13. The summed E-state index contributed by atoms with van der Waals surface area (Å²) >= 11 is 0. The molecule has 0 bridgehead atoms. The van der Waals surface area contributed by atoms with Crippen molar-refractivity contribution in [1.29, 1.82) is 0 Å². The van der Waals surface area contributed by atoms with Crippen LogP contribution in [0.25, 0.3) is 0 Å². The van der Waals surface area contributed by atoms with Gasteiger partial charge in [-0.3, -0.25) is 4.90 Å². The maximum absolute atomic E-state index is 6.02. The van der Waals surface area contributed by atoms with Crippen molar-refractivity contribution in [3.05, 3.63) is 83.7 Å². The average molecular weight is 374 g/mol. The quantitative estimate of drug-likeness (QED) is 0.703. The second-order valence-corrected chi connectivity index (χ2v) is 7.13. The molecule has 1 saturated heterocycles. The molecule has 0 aliphatic carbocycles. The van der Waals surface area contributed by atoms with Crippen LogP contribution < -0.4 is 5.32 Å². The number of hydrogen-bond donors (Lipinski definition) is 1. The van der Waals surface area contributed by atoms with Crippen LogP contribution in [0.3, 0.4) is 0 Å². The minimum atomic E-state index is -0.00302. The molecule has 0 amide bonds. The minimum absolute atomic E-state index is 0.00302. The number of benzene rings is 1. The molecule has 0 radical (unpaired) electrons. The van der Waals surface area contributed by atoms with Crippen LogP contribution in [0.5, 0.6) is 0 Å². The van der Waals surface area contributed by atoms with Crippen molar-refractivity contribution in [1.82, 2.24) is 14.9 Å². The smallest absolute Gasteiger partial charge is 0.131 e. The van der Waals surface area contributed by atoms with Crippen LogP contribution in [0.1, 0.15) is 23.1 Å². The summed E-state index contributed by atoms with van der Waals surface area (Å²) in [6.45, 7) is 5.59. The largest absolute Gasteiger partial charge is 0.369 e. The molecule has 1 aliphatic rings. The van der Waals surface area contributed by atoms with Crippen LogP contribution in [-0.4, -0.2) is 41.1 Å². The Morgan fingerprint density at radius 2 is 1.75 bits per heavy atom. The monoisotopic (exact) mass is 374 g/mol.